The molecule has 0 aliphatic rings. The van der Waals surface area contributed by atoms with E-state index in [4.69, 9.17) is 9.15 Å². The average molecular weight is 260 g/mol. The smallest absolute Gasteiger partial charge is 0.326 e. The third-order valence-electron chi connectivity index (χ3n) is 2.32. The molecule has 2 N–H and O–H groups in total. The lowest BCUT2D eigenvalue weighted by molar-refractivity contribution is 0.0940. The van der Waals surface area contributed by atoms with E-state index in [1.54, 1.807) is 37.4 Å². The second-order valence-corrected chi connectivity index (χ2v) is 3.61. The van der Waals surface area contributed by atoms with Crippen LogP contribution in [0, 0.1) is 0 Å². The zero-order chi connectivity index (χ0) is 13.7. The van der Waals surface area contributed by atoms with Crippen LogP contribution in [-0.4, -0.2) is 19.0 Å². The van der Waals surface area contributed by atoms with E-state index in [1.807, 2.05) is 0 Å². The topological polar surface area (TPSA) is 80.6 Å². The summed E-state index contributed by atoms with van der Waals surface area (Å²) in [5.74, 6) is 0.151. The van der Waals surface area contributed by atoms with E-state index in [0.29, 0.717) is 11.4 Å². The van der Waals surface area contributed by atoms with E-state index in [0.717, 1.165) is 0 Å². The van der Waals surface area contributed by atoms with Crippen LogP contribution in [0.2, 0.25) is 0 Å². The molecule has 0 fully saturated rings. The Morgan fingerprint density at radius 3 is 2.47 bits per heavy atom. The van der Waals surface area contributed by atoms with Crippen LogP contribution in [0.25, 0.3) is 0 Å². The van der Waals surface area contributed by atoms with Crippen LogP contribution in [0.1, 0.15) is 10.6 Å². The molecule has 6 nitrogen and oxygen atoms in total. The summed E-state index contributed by atoms with van der Waals surface area (Å²) in [6.45, 7) is 0. The van der Waals surface area contributed by atoms with Gasteiger partial charge in [0.15, 0.2) is 5.76 Å². The fraction of sp³-hybridized carbons (Fsp3) is 0.0769. The predicted octanol–water partition coefficient (Wildman–Crippen LogP) is 2.25. The first-order valence-electron chi connectivity index (χ1n) is 5.49. The third-order valence-corrected chi connectivity index (χ3v) is 2.32. The van der Waals surface area contributed by atoms with Gasteiger partial charge in [0.2, 0.25) is 0 Å². The highest BCUT2D eigenvalue weighted by Crippen LogP contribution is 2.14. The number of hydrogen-bond donors (Lipinski definition) is 2. The zero-order valence-corrected chi connectivity index (χ0v) is 10.2. The maximum Gasteiger partial charge on any atom is 0.326 e. The second kappa shape index (κ2) is 5.72. The third kappa shape index (κ3) is 3.35. The van der Waals surface area contributed by atoms with Crippen LogP contribution >= 0.6 is 0 Å². The minimum absolute atomic E-state index is 0.0740. The molecule has 1 heterocycles. The first kappa shape index (κ1) is 12.7. The molecule has 0 aliphatic carbocycles. The summed E-state index contributed by atoms with van der Waals surface area (Å²) in [7, 11) is 1.55. The quantitative estimate of drug-likeness (QED) is 0.886. The number of benzene rings is 1. The number of imide groups is 1. The van der Waals surface area contributed by atoms with Gasteiger partial charge in [0.1, 0.15) is 5.75 Å². The fourth-order valence-corrected chi connectivity index (χ4v) is 1.41. The van der Waals surface area contributed by atoms with Gasteiger partial charge in [0.05, 0.1) is 13.4 Å². The standard InChI is InChI=1S/C13H12N2O4/c1-18-10-6-4-9(5-7-10)14-13(17)15-12(16)11-3-2-8-19-11/h2-8H,1H3,(H2,14,15,16,17). The first-order chi connectivity index (χ1) is 9.19. The Labute approximate surface area is 109 Å². The maximum atomic E-state index is 11.6. The molecule has 0 saturated heterocycles. The molecule has 2 rings (SSSR count). The number of anilines is 1. The van der Waals surface area contributed by atoms with Gasteiger partial charge < -0.3 is 14.5 Å². The molecule has 6 heteroatoms. The Hall–Kier alpha value is -2.76. The van der Waals surface area contributed by atoms with E-state index < -0.39 is 11.9 Å². The van der Waals surface area contributed by atoms with Crippen molar-refractivity contribution in [3.8, 4) is 5.75 Å². The van der Waals surface area contributed by atoms with Crippen LogP contribution in [0.3, 0.4) is 0 Å². The number of nitrogens with one attached hydrogen (secondary N) is 2. The summed E-state index contributed by atoms with van der Waals surface area (Å²) in [5.41, 5.74) is 0.547. The number of amides is 3. The van der Waals surface area contributed by atoms with Crippen LogP contribution in [0.4, 0.5) is 10.5 Å². The summed E-state index contributed by atoms with van der Waals surface area (Å²) in [6.07, 6.45) is 1.36. The van der Waals surface area contributed by atoms with Crippen molar-refractivity contribution in [1.82, 2.24) is 5.32 Å². The summed E-state index contributed by atoms with van der Waals surface area (Å²) in [6, 6.07) is 9.12. The number of hydrogen-bond acceptors (Lipinski definition) is 4. The molecule has 0 unspecified atom stereocenters. The van der Waals surface area contributed by atoms with Crippen LogP contribution in [0.5, 0.6) is 5.75 Å². The van der Waals surface area contributed by atoms with Gasteiger partial charge in [0.25, 0.3) is 5.91 Å². The van der Waals surface area contributed by atoms with Crippen molar-refractivity contribution in [3.63, 3.8) is 0 Å². The molecule has 19 heavy (non-hydrogen) atoms. The monoisotopic (exact) mass is 260 g/mol. The average Bonchev–Trinajstić information content (AvgIpc) is 2.93. The van der Waals surface area contributed by atoms with Crippen molar-refractivity contribution in [2.45, 2.75) is 0 Å². The number of carbonyl (C=O) groups excluding carboxylic acids is 2. The minimum atomic E-state index is -0.633. The van der Waals surface area contributed by atoms with Crippen molar-refractivity contribution in [2.24, 2.45) is 0 Å². The van der Waals surface area contributed by atoms with E-state index in [1.165, 1.54) is 12.3 Å². The van der Waals surface area contributed by atoms with Crippen molar-refractivity contribution in [2.75, 3.05) is 12.4 Å². The molecular weight excluding hydrogens is 248 g/mol. The number of methoxy groups -OCH3 is 1. The minimum Gasteiger partial charge on any atom is -0.497 e. The van der Waals surface area contributed by atoms with Gasteiger partial charge in [-0.2, -0.15) is 0 Å². The highest BCUT2D eigenvalue weighted by atomic mass is 16.5. The van der Waals surface area contributed by atoms with Crippen LogP contribution < -0.4 is 15.4 Å². The largest absolute Gasteiger partial charge is 0.497 e. The molecule has 1 aromatic heterocycles. The number of ether oxygens (including phenoxy) is 1. The predicted molar refractivity (Wildman–Crippen MR) is 68.2 cm³/mol. The highest BCUT2D eigenvalue weighted by Gasteiger charge is 2.12. The molecule has 1 aromatic carbocycles. The van der Waals surface area contributed by atoms with Crippen LogP contribution in [0.15, 0.2) is 47.1 Å². The van der Waals surface area contributed by atoms with Gasteiger partial charge in [0, 0.05) is 5.69 Å². The van der Waals surface area contributed by atoms with Crippen molar-refractivity contribution in [1.29, 1.82) is 0 Å². The van der Waals surface area contributed by atoms with Crippen molar-refractivity contribution < 1.29 is 18.7 Å². The second-order valence-electron chi connectivity index (χ2n) is 3.61. The zero-order valence-electron chi connectivity index (χ0n) is 10.2. The molecular formula is C13H12N2O4. The van der Waals surface area contributed by atoms with Crippen molar-refractivity contribution >= 4 is 17.6 Å². The Bertz CT molecular complexity index is 561. The van der Waals surface area contributed by atoms with Crippen LogP contribution in [-0.2, 0) is 0 Å². The molecule has 0 saturated carbocycles. The molecule has 3 amide bonds. The van der Waals surface area contributed by atoms with E-state index in [2.05, 4.69) is 10.6 Å². The summed E-state index contributed by atoms with van der Waals surface area (Å²) in [4.78, 5) is 23.1. The molecule has 0 atom stereocenters. The van der Waals surface area contributed by atoms with E-state index in [9.17, 15) is 9.59 Å². The van der Waals surface area contributed by atoms with E-state index >= 15 is 0 Å². The summed E-state index contributed by atoms with van der Waals surface area (Å²) < 4.78 is 9.86. The molecule has 0 radical (unpaired) electrons. The summed E-state index contributed by atoms with van der Waals surface area (Å²) in [5, 5.41) is 4.66. The number of furan rings is 1. The Morgan fingerprint density at radius 1 is 1.16 bits per heavy atom. The molecule has 2 aromatic rings. The van der Waals surface area contributed by atoms with Gasteiger partial charge in [-0.3, -0.25) is 10.1 Å². The lowest BCUT2D eigenvalue weighted by Gasteiger charge is -2.06. The lowest BCUT2D eigenvalue weighted by atomic mass is 10.3. The number of urea groups is 1. The number of rotatable bonds is 3. The highest BCUT2D eigenvalue weighted by molar-refractivity contribution is 6.06. The lowest BCUT2D eigenvalue weighted by Crippen LogP contribution is -2.34. The molecule has 0 spiro atoms. The van der Waals surface area contributed by atoms with Crippen molar-refractivity contribution in [3.05, 3.63) is 48.4 Å². The Kier molecular flexibility index (Phi) is 3.82. The fourth-order valence-electron chi connectivity index (χ4n) is 1.41. The van der Waals surface area contributed by atoms with Gasteiger partial charge in [-0.15, -0.1) is 0 Å². The van der Waals surface area contributed by atoms with Gasteiger partial charge in [-0.1, -0.05) is 0 Å². The molecule has 98 valence electrons. The molecule has 0 aliphatic heterocycles. The molecule has 0 bridgehead atoms. The first-order valence-corrected chi connectivity index (χ1v) is 5.49. The summed E-state index contributed by atoms with van der Waals surface area (Å²) >= 11 is 0. The number of carbonyl (C=O) groups is 2. The maximum absolute atomic E-state index is 11.6. The normalized spacial score (nSPS) is 9.74. The van der Waals surface area contributed by atoms with Gasteiger partial charge in [-0.25, -0.2) is 4.79 Å². The van der Waals surface area contributed by atoms with Gasteiger partial charge >= 0.3 is 6.03 Å². The van der Waals surface area contributed by atoms with E-state index in [-0.39, 0.29) is 5.76 Å². The Balaban J connectivity index is 1.92. The SMILES string of the molecule is COc1ccc(NC(=O)NC(=O)c2ccco2)cc1. The Morgan fingerprint density at radius 2 is 1.89 bits per heavy atom. The van der Waals surface area contributed by atoms with Gasteiger partial charge in [-0.05, 0) is 36.4 Å².